The van der Waals surface area contributed by atoms with Crippen molar-refractivity contribution < 1.29 is 0 Å². The minimum Gasteiger partial charge on any atom is -0.332 e. The quantitative estimate of drug-likeness (QED) is 0.601. The molecule has 3 heterocycles. The summed E-state index contributed by atoms with van der Waals surface area (Å²) >= 11 is 0. The summed E-state index contributed by atoms with van der Waals surface area (Å²) in [6.07, 6.45) is 6.28. The third kappa shape index (κ3) is 4.74. The third-order valence-corrected chi connectivity index (χ3v) is 6.50. The van der Waals surface area contributed by atoms with Crippen LogP contribution in [-0.4, -0.2) is 61.0 Å². The van der Waals surface area contributed by atoms with Crippen LogP contribution in [0.3, 0.4) is 0 Å². The third-order valence-electron chi connectivity index (χ3n) is 6.50. The smallest absolute Gasteiger partial charge is 0.219 e. The van der Waals surface area contributed by atoms with E-state index in [1.807, 2.05) is 12.4 Å². The van der Waals surface area contributed by atoms with Crippen LogP contribution in [-0.2, 0) is 6.54 Å². The fourth-order valence-electron chi connectivity index (χ4n) is 4.38. The summed E-state index contributed by atoms with van der Waals surface area (Å²) in [5.74, 6) is 7.74. The number of nitrogens with zero attached hydrogens (tertiary/aromatic N) is 4. The maximum Gasteiger partial charge on any atom is 0.219 e. The SMILES string of the molecule is CCC(CC)CN=C1N=CC2C(c3ccc(CN4CCNCC4)cc3)=CN(N)C2N1. The molecule has 2 unspecified atom stereocenters. The normalized spacial score (nSPS) is 25.5. The van der Waals surface area contributed by atoms with Crippen molar-refractivity contribution in [3.8, 4) is 0 Å². The Bertz CT molecular complexity index is 788. The fourth-order valence-corrected chi connectivity index (χ4v) is 4.38. The molecular weight excluding hydrogens is 374 g/mol. The highest BCUT2D eigenvalue weighted by molar-refractivity contribution is 5.97. The number of hydrazine groups is 1. The monoisotopic (exact) mass is 409 g/mol. The van der Waals surface area contributed by atoms with Gasteiger partial charge in [0.05, 0.1) is 5.92 Å². The van der Waals surface area contributed by atoms with Crippen molar-refractivity contribution in [1.29, 1.82) is 0 Å². The zero-order chi connectivity index (χ0) is 20.9. The molecule has 3 aliphatic heterocycles. The predicted octanol–water partition coefficient (Wildman–Crippen LogP) is 2.03. The van der Waals surface area contributed by atoms with E-state index in [9.17, 15) is 0 Å². The van der Waals surface area contributed by atoms with Gasteiger partial charge < -0.3 is 10.6 Å². The number of hydrogen-bond donors (Lipinski definition) is 3. The average molecular weight is 410 g/mol. The Kier molecular flexibility index (Phi) is 6.82. The van der Waals surface area contributed by atoms with Crippen LogP contribution in [0.15, 0.2) is 40.5 Å². The highest BCUT2D eigenvalue weighted by Gasteiger charge is 2.36. The number of benzene rings is 1. The van der Waals surface area contributed by atoms with Crippen molar-refractivity contribution in [3.63, 3.8) is 0 Å². The van der Waals surface area contributed by atoms with Crippen LogP contribution < -0.4 is 16.5 Å². The van der Waals surface area contributed by atoms with Crippen LogP contribution in [0.2, 0.25) is 0 Å². The van der Waals surface area contributed by atoms with E-state index in [0.29, 0.717) is 11.9 Å². The lowest BCUT2D eigenvalue weighted by atomic mass is 9.93. The van der Waals surface area contributed by atoms with Crippen molar-refractivity contribution in [3.05, 3.63) is 41.6 Å². The second-order valence-electron chi connectivity index (χ2n) is 8.49. The van der Waals surface area contributed by atoms with E-state index >= 15 is 0 Å². The number of rotatable bonds is 7. The Morgan fingerprint density at radius 2 is 1.90 bits per heavy atom. The van der Waals surface area contributed by atoms with Gasteiger partial charge in [0.1, 0.15) is 6.17 Å². The first kappa shape index (κ1) is 21.0. The molecule has 0 amide bonds. The van der Waals surface area contributed by atoms with Crippen LogP contribution in [0.4, 0.5) is 0 Å². The maximum absolute atomic E-state index is 6.31. The molecule has 1 fully saturated rings. The molecule has 2 atom stereocenters. The van der Waals surface area contributed by atoms with Gasteiger partial charge in [0.2, 0.25) is 5.96 Å². The molecule has 1 aromatic rings. The van der Waals surface area contributed by atoms with Gasteiger partial charge in [0.15, 0.2) is 0 Å². The lowest BCUT2D eigenvalue weighted by Gasteiger charge is -2.29. The molecule has 1 saturated heterocycles. The van der Waals surface area contributed by atoms with Gasteiger partial charge in [-0.15, -0.1) is 0 Å². The summed E-state index contributed by atoms with van der Waals surface area (Å²) in [5, 5.41) is 8.59. The summed E-state index contributed by atoms with van der Waals surface area (Å²) in [5.41, 5.74) is 3.76. The second kappa shape index (κ2) is 9.73. The Morgan fingerprint density at radius 1 is 1.17 bits per heavy atom. The summed E-state index contributed by atoms with van der Waals surface area (Å²) in [6, 6.07) is 8.90. The van der Waals surface area contributed by atoms with Gasteiger partial charge in [0, 0.05) is 51.7 Å². The molecule has 7 heteroatoms. The fraction of sp³-hybridized carbons (Fsp3) is 0.565. The molecule has 1 aromatic carbocycles. The summed E-state index contributed by atoms with van der Waals surface area (Å²) in [6.45, 7) is 10.6. The van der Waals surface area contributed by atoms with Crippen LogP contribution in [0, 0.1) is 11.8 Å². The summed E-state index contributed by atoms with van der Waals surface area (Å²) in [4.78, 5) is 11.8. The van der Waals surface area contributed by atoms with Gasteiger partial charge in [-0.1, -0.05) is 51.0 Å². The number of aliphatic imine (C=N–C) groups is 2. The van der Waals surface area contributed by atoms with E-state index in [1.54, 1.807) is 5.01 Å². The lowest BCUT2D eigenvalue weighted by molar-refractivity contribution is 0.233. The Morgan fingerprint density at radius 3 is 2.60 bits per heavy atom. The van der Waals surface area contributed by atoms with Crippen molar-refractivity contribution in [2.75, 3.05) is 32.7 Å². The largest absolute Gasteiger partial charge is 0.332 e. The minimum atomic E-state index is -0.0292. The number of piperazine rings is 1. The highest BCUT2D eigenvalue weighted by Crippen LogP contribution is 2.33. The van der Waals surface area contributed by atoms with Crippen LogP contribution in [0.25, 0.3) is 5.57 Å². The number of nitrogens with one attached hydrogen (secondary N) is 2. The molecule has 0 aromatic heterocycles. The van der Waals surface area contributed by atoms with Gasteiger partial charge in [-0.2, -0.15) is 0 Å². The zero-order valence-corrected chi connectivity index (χ0v) is 18.2. The Labute approximate surface area is 180 Å². The molecule has 3 aliphatic rings. The van der Waals surface area contributed by atoms with Gasteiger partial charge in [-0.3, -0.25) is 14.9 Å². The molecule has 0 aliphatic carbocycles. The first-order chi connectivity index (χ1) is 14.7. The molecule has 4 N–H and O–H groups in total. The maximum atomic E-state index is 6.31. The molecule has 0 bridgehead atoms. The van der Waals surface area contributed by atoms with E-state index in [2.05, 4.69) is 63.6 Å². The molecule has 0 saturated carbocycles. The van der Waals surface area contributed by atoms with E-state index in [-0.39, 0.29) is 12.1 Å². The zero-order valence-electron chi connectivity index (χ0n) is 18.2. The molecular formula is C23H35N7. The minimum absolute atomic E-state index is 0.0292. The second-order valence-corrected chi connectivity index (χ2v) is 8.49. The van der Waals surface area contributed by atoms with Crippen molar-refractivity contribution in [1.82, 2.24) is 20.5 Å². The lowest BCUT2D eigenvalue weighted by Crippen LogP contribution is -2.52. The molecule has 0 radical (unpaired) electrons. The van der Waals surface area contributed by atoms with Crippen LogP contribution >= 0.6 is 0 Å². The predicted molar refractivity (Wildman–Crippen MR) is 124 cm³/mol. The molecule has 30 heavy (non-hydrogen) atoms. The number of hydrogen-bond acceptors (Lipinski definition) is 5. The van der Waals surface area contributed by atoms with E-state index in [4.69, 9.17) is 5.84 Å². The molecule has 0 spiro atoms. The molecule has 162 valence electrons. The number of guanidine groups is 1. The van der Waals surface area contributed by atoms with Crippen molar-refractivity contribution in [2.24, 2.45) is 27.7 Å². The van der Waals surface area contributed by atoms with Crippen LogP contribution in [0.1, 0.15) is 37.8 Å². The van der Waals surface area contributed by atoms with E-state index < -0.39 is 0 Å². The molecule has 4 rings (SSSR count). The topological polar surface area (TPSA) is 81.3 Å². The molecule has 7 nitrogen and oxygen atoms in total. The standard InChI is InChI=1S/C23H35N7/c1-3-17(4-2)13-26-23-27-14-20-21(16-30(24)22(20)28-23)19-7-5-18(6-8-19)15-29-11-9-25-10-12-29/h5-8,14,16-17,20,22,25H,3-4,9-13,15,24H2,1-2H3,(H,26,28). The van der Waals surface area contributed by atoms with E-state index in [1.165, 1.54) is 16.7 Å². The Balaban J connectivity index is 1.42. The first-order valence-electron chi connectivity index (χ1n) is 11.3. The van der Waals surface area contributed by atoms with Gasteiger partial charge >= 0.3 is 0 Å². The highest BCUT2D eigenvalue weighted by atomic mass is 15.5. The van der Waals surface area contributed by atoms with Crippen molar-refractivity contribution >= 4 is 17.7 Å². The number of nitrogens with two attached hydrogens (primary N) is 1. The van der Waals surface area contributed by atoms with Crippen LogP contribution in [0.5, 0.6) is 0 Å². The van der Waals surface area contributed by atoms with Gasteiger partial charge in [-0.25, -0.2) is 10.8 Å². The van der Waals surface area contributed by atoms with Crippen molar-refractivity contribution in [2.45, 2.75) is 39.4 Å². The number of fused-ring (bicyclic) bond motifs is 1. The first-order valence-corrected chi connectivity index (χ1v) is 11.3. The summed E-state index contributed by atoms with van der Waals surface area (Å²) < 4.78 is 0. The Hall–Kier alpha value is -2.22. The summed E-state index contributed by atoms with van der Waals surface area (Å²) in [7, 11) is 0. The van der Waals surface area contributed by atoms with Gasteiger partial charge in [0.25, 0.3) is 0 Å². The van der Waals surface area contributed by atoms with E-state index in [0.717, 1.165) is 52.1 Å². The average Bonchev–Trinajstić information content (AvgIpc) is 3.12. The van der Waals surface area contributed by atoms with Gasteiger partial charge in [-0.05, 0) is 22.6 Å².